The van der Waals surface area contributed by atoms with Crippen LogP contribution in [0.15, 0.2) is 30.5 Å². The molecule has 3 N–H and O–H groups in total. The van der Waals surface area contributed by atoms with E-state index in [-0.39, 0.29) is 12.6 Å². The van der Waals surface area contributed by atoms with Gasteiger partial charge in [-0.1, -0.05) is 25.1 Å². The number of aromatic amines is 1. The Labute approximate surface area is 95.5 Å². The lowest BCUT2D eigenvalue weighted by molar-refractivity contribution is 0.238. The summed E-state index contributed by atoms with van der Waals surface area (Å²) in [4.78, 5) is 3.25. The van der Waals surface area contributed by atoms with Crippen molar-refractivity contribution in [1.29, 1.82) is 0 Å². The van der Waals surface area contributed by atoms with E-state index in [4.69, 9.17) is 5.11 Å². The van der Waals surface area contributed by atoms with Crippen LogP contribution in [-0.4, -0.2) is 22.7 Å². The lowest BCUT2D eigenvalue weighted by Crippen LogP contribution is -2.31. The fourth-order valence-electron chi connectivity index (χ4n) is 1.89. The number of rotatable bonds is 5. The molecule has 0 amide bonds. The van der Waals surface area contributed by atoms with Crippen molar-refractivity contribution in [3.8, 4) is 0 Å². The van der Waals surface area contributed by atoms with Gasteiger partial charge in [-0.3, -0.25) is 0 Å². The molecule has 0 spiro atoms. The van der Waals surface area contributed by atoms with Crippen molar-refractivity contribution in [2.45, 2.75) is 25.9 Å². The van der Waals surface area contributed by atoms with Gasteiger partial charge in [0.1, 0.15) is 0 Å². The van der Waals surface area contributed by atoms with E-state index < -0.39 is 0 Å². The Kier molecular flexibility index (Phi) is 3.59. The first-order chi connectivity index (χ1) is 7.85. The predicted octanol–water partition coefficient (Wildman–Crippen LogP) is 2.03. The molecule has 2 rings (SSSR count). The second kappa shape index (κ2) is 5.14. The van der Waals surface area contributed by atoms with E-state index in [1.54, 1.807) is 0 Å². The molecule has 1 atom stereocenters. The predicted molar refractivity (Wildman–Crippen MR) is 66.3 cm³/mol. The van der Waals surface area contributed by atoms with Crippen molar-refractivity contribution in [2.24, 2.45) is 0 Å². The average Bonchev–Trinajstić information content (AvgIpc) is 2.79. The largest absolute Gasteiger partial charge is 0.395 e. The van der Waals surface area contributed by atoms with Crippen LogP contribution in [0.3, 0.4) is 0 Å². The molecule has 0 aliphatic heterocycles. The van der Waals surface area contributed by atoms with E-state index in [1.807, 2.05) is 6.20 Å². The minimum atomic E-state index is 0.185. The number of aliphatic hydroxyl groups is 1. The van der Waals surface area contributed by atoms with Gasteiger partial charge in [0, 0.05) is 24.3 Å². The molecule has 16 heavy (non-hydrogen) atoms. The van der Waals surface area contributed by atoms with E-state index >= 15 is 0 Å². The van der Waals surface area contributed by atoms with Crippen molar-refractivity contribution in [2.75, 3.05) is 6.61 Å². The van der Waals surface area contributed by atoms with Gasteiger partial charge in [0.2, 0.25) is 0 Å². The van der Waals surface area contributed by atoms with Crippen LogP contribution in [0.4, 0.5) is 0 Å². The summed E-state index contributed by atoms with van der Waals surface area (Å²) in [5.41, 5.74) is 2.43. The molecule has 3 heteroatoms. The molecule has 2 aromatic rings. The Morgan fingerprint density at radius 1 is 1.38 bits per heavy atom. The first-order valence-corrected chi connectivity index (χ1v) is 5.74. The number of nitrogens with one attached hydrogen (secondary N) is 2. The number of aromatic nitrogens is 1. The third-order valence-corrected chi connectivity index (χ3v) is 2.97. The van der Waals surface area contributed by atoms with Gasteiger partial charge in [-0.15, -0.1) is 0 Å². The quantitative estimate of drug-likeness (QED) is 0.719. The molecule has 0 saturated heterocycles. The summed E-state index contributed by atoms with van der Waals surface area (Å²) in [6.07, 6.45) is 2.90. The monoisotopic (exact) mass is 218 g/mol. The molecule has 0 fully saturated rings. The molecule has 1 heterocycles. The number of aliphatic hydroxyl groups excluding tert-OH is 1. The summed E-state index contributed by atoms with van der Waals surface area (Å²) in [6.45, 7) is 3.05. The summed E-state index contributed by atoms with van der Waals surface area (Å²) >= 11 is 0. The number of benzene rings is 1. The lowest BCUT2D eigenvalue weighted by atomic mass is 10.1. The van der Waals surface area contributed by atoms with E-state index in [0.717, 1.165) is 13.0 Å². The normalized spacial score (nSPS) is 13.1. The maximum atomic E-state index is 9.11. The minimum absolute atomic E-state index is 0.185. The van der Waals surface area contributed by atoms with Gasteiger partial charge in [-0.05, 0) is 23.4 Å². The molecule has 0 unspecified atom stereocenters. The van der Waals surface area contributed by atoms with E-state index in [0.29, 0.717) is 0 Å². The highest BCUT2D eigenvalue weighted by molar-refractivity contribution is 5.82. The van der Waals surface area contributed by atoms with Crippen molar-refractivity contribution in [1.82, 2.24) is 10.3 Å². The number of fused-ring (bicyclic) bond motifs is 1. The van der Waals surface area contributed by atoms with E-state index in [2.05, 4.69) is 41.5 Å². The molecular weight excluding hydrogens is 200 g/mol. The second-order valence-electron chi connectivity index (χ2n) is 4.03. The van der Waals surface area contributed by atoms with Crippen LogP contribution in [0.25, 0.3) is 10.9 Å². The highest BCUT2D eigenvalue weighted by Crippen LogP contribution is 2.16. The van der Waals surface area contributed by atoms with Crippen LogP contribution in [0.1, 0.15) is 18.9 Å². The Morgan fingerprint density at radius 3 is 3.00 bits per heavy atom. The highest BCUT2D eigenvalue weighted by Gasteiger charge is 2.05. The minimum Gasteiger partial charge on any atom is -0.395 e. The van der Waals surface area contributed by atoms with Crippen molar-refractivity contribution >= 4 is 10.9 Å². The summed E-state index contributed by atoms with van der Waals surface area (Å²) in [7, 11) is 0. The third-order valence-electron chi connectivity index (χ3n) is 2.97. The van der Waals surface area contributed by atoms with Gasteiger partial charge >= 0.3 is 0 Å². The molecule has 3 nitrogen and oxygen atoms in total. The fourth-order valence-corrected chi connectivity index (χ4v) is 1.89. The highest BCUT2D eigenvalue weighted by atomic mass is 16.3. The molecule has 0 radical (unpaired) electrons. The topological polar surface area (TPSA) is 48.0 Å². The third kappa shape index (κ3) is 2.26. The van der Waals surface area contributed by atoms with Gasteiger partial charge in [-0.2, -0.15) is 0 Å². The van der Waals surface area contributed by atoms with Gasteiger partial charge in [0.15, 0.2) is 0 Å². The smallest absolute Gasteiger partial charge is 0.0584 e. The SMILES string of the molecule is CC[C@@H](CO)NCc1cccc2cc[nH]c12. The molecule has 0 aliphatic rings. The average molecular weight is 218 g/mol. The zero-order valence-electron chi connectivity index (χ0n) is 9.53. The summed E-state index contributed by atoms with van der Waals surface area (Å²) in [5, 5.41) is 13.7. The summed E-state index contributed by atoms with van der Waals surface area (Å²) < 4.78 is 0. The number of hydrogen-bond acceptors (Lipinski definition) is 2. The van der Waals surface area contributed by atoms with Crippen molar-refractivity contribution in [3.05, 3.63) is 36.0 Å². The summed E-state index contributed by atoms with van der Waals surface area (Å²) in [6, 6.07) is 8.52. The Bertz CT molecular complexity index is 446. The van der Waals surface area contributed by atoms with Crippen molar-refractivity contribution in [3.63, 3.8) is 0 Å². The zero-order valence-corrected chi connectivity index (χ0v) is 9.53. The van der Waals surface area contributed by atoms with Gasteiger partial charge in [0.25, 0.3) is 0 Å². The Balaban J connectivity index is 2.11. The molecule has 86 valence electrons. The molecule has 1 aromatic heterocycles. The molecule has 1 aromatic carbocycles. The van der Waals surface area contributed by atoms with E-state index in [9.17, 15) is 0 Å². The van der Waals surface area contributed by atoms with Crippen LogP contribution in [0.5, 0.6) is 0 Å². The standard InChI is InChI=1S/C13H18N2O/c1-2-12(9-16)15-8-11-5-3-4-10-6-7-14-13(10)11/h3-7,12,14-16H,2,8-9H2,1H3/t12-/m0/s1. The van der Waals surface area contributed by atoms with E-state index in [1.165, 1.54) is 16.5 Å². The molecule has 0 bridgehead atoms. The summed E-state index contributed by atoms with van der Waals surface area (Å²) in [5.74, 6) is 0. The Morgan fingerprint density at radius 2 is 2.25 bits per heavy atom. The van der Waals surface area contributed by atoms with Crippen LogP contribution in [0.2, 0.25) is 0 Å². The molecular formula is C13H18N2O. The fraction of sp³-hybridized carbons (Fsp3) is 0.385. The number of hydrogen-bond donors (Lipinski definition) is 3. The first kappa shape index (κ1) is 11.2. The first-order valence-electron chi connectivity index (χ1n) is 5.74. The molecule has 0 saturated carbocycles. The van der Waals surface area contributed by atoms with Crippen LogP contribution >= 0.6 is 0 Å². The number of H-pyrrole nitrogens is 1. The van der Waals surface area contributed by atoms with Crippen LogP contribution < -0.4 is 5.32 Å². The maximum Gasteiger partial charge on any atom is 0.0584 e. The Hall–Kier alpha value is -1.32. The van der Waals surface area contributed by atoms with Gasteiger partial charge in [-0.25, -0.2) is 0 Å². The number of para-hydroxylation sites is 1. The van der Waals surface area contributed by atoms with Gasteiger partial charge < -0.3 is 15.4 Å². The van der Waals surface area contributed by atoms with Gasteiger partial charge in [0.05, 0.1) is 6.61 Å². The van der Waals surface area contributed by atoms with Crippen LogP contribution in [-0.2, 0) is 6.54 Å². The second-order valence-corrected chi connectivity index (χ2v) is 4.03. The van der Waals surface area contributed by atoms with Crippen LogP contribution in [0, 0.1) is 0 Å². The molecule has 0 aliphatic carbocycles. The zero-order chi connectivity index (χ0) is 11.4. The lowest BCUT2D eigenvalue weighted by Gasteiger charge is -2.14. The van der Waals surface area contributed by atoms with Crippen molar-refractivity contribution < 1.29 is 5.11 Å². The maximum absolute atomic E-state index is 9.11.